The molecule has 4 heteroatoms. The number of carbonyl (C=O) groups excluding carboxylic acids is 1. The average Bonchev–Trinajstić information content (AvgIpc) is 2.17. The molecule has 0 N–H and O–H groups in total. The number of carbonyl (C=O) groups is 1. The summed E-state index contributed by atoms with van der Waals surface area (Å²) in [6, 6.07) is 5.94. The van der Waals surface area contributed by atoms with Gasteiger partial charge in [-0.25, -0.2) is 4.39 Å². The van der Waals surface area contributed by atoms with Crippen LogP contribution in [0.4, 0.5) is 4.39 Å². The van der Waals surface area contributed by atoms with Crippen molar-refractivity contribution < 1.29 is 14.0 Å². The number of ketones is 1. The van der Waals surface area contributed by atoms with E-state index in [1.54, 1.807) is 12.1 Å². The van der Waals surface area contributed by atoms with E-state index in [0.29, 0.717) is 6.42 Å². The lowest BCUT2D eigenvalue weighted by atomic mass is 10.1. The lowest BCUT2D eigenvalue weighted by molar-refractivity contribution is -0.116. The minimum atomic E-state index is -0.294. The molecule has 1 aromatic carbocycles. The second-order valence-corrected chi connectivity index (χ2v) is 2.84. The summed E-state index contributed by atoms with van der Waals surface area (Å²) in [5.41, 5.74) is 8.95. The van der Waals surface area contributed by atoms with E-state index in [1.165, 1.54) is 12.1 Å². The van der Waals surface area contributed by atoms with E-state index in [2.05, 4.69) is 4.79 Å². The van der Waals surface area contributed by atoms with Gasteiger partial charge < -0.3 is 5.53 Å². The van der Waals surface area contributed by atoms with Gasteiger partial charge in [0.25, 0.3) is 0 Å². The molecular formula is C10H9FN2O. The van der Waals surface area contributed by atoms with E-state index in [4.69, 9.17) is 5.53 Å². The number of benzene rings is 1. The molecule has 0 heterocycles. The number of Topliss-reactive ketones (excluding diaryl/α,β-unsaturated/α-hetero) is 1. The fourth-order valence-corrected chi connectivity index (χ4v) is 1.05. The maximum atomic E-state index is 12.5. The molecule has 0 amide bonds. The SMILES string of the molecule is [N-]=[N+]=CC(=O)CCc1ccc(F)cc1. The molecule has 72 valence electrons. The van der Waals surface area contributed by atoms with Crippen LogP contribution in [0, 0.1) is 5.82 Å². The molecule has 1 aromatic rings. The molecule has 0 aromatic heterocycles. The monoisotopic (exact) mass is 192 g/mol. The molecular weight excluding hydrogens is 183 g/mol. The van der Waals surface area contributed by atoms with Crippen LogP contribution in [0.5, 0.6) is 0 Å². The van der Waals surface area contributed by atoms with Gasteiger partial charge in [-0.3, -0.25) is 4.79 Å². The van der Waals surface area contributed by atoms with E-state index in [0.717, 1.165) is 11.8 Å². The van der Waals surface area contributed by atoms with Crippen LogP contribution < -0.4 is 0 Å². The number of aryl methyl sites for hydroxylation is 1. The fraction of sp³-hybridized carbons (Fsp3) is 0.200. The zero-order chi connectivity index (χ0) is 10.4. The van der Waals surface area contributed by atoms with Gasteiger partial charge in [0.15, 0.2) is 0 Å². The highest BCUT2D eigenvalue weighted by atomic mass is 19.1. The molecule has 1 rings (SSSR count). The zero-order valence-corrected chi connectivity index (χ0v) is 7.48. The van der Waals surface area contributed by atoms with Crippen molar-refractivity contribution in [3.63, 3.8) is 0 Å². The van der Waals surface area contributed by atoms with E-state index >= 15 is 0 Å². The summed E-state index contributed by atoms with van der Waals surface area (Å²) in [6.07, 6.45) is 1.64. The Kier molecular flexibility index (Phi) is 3.70. The normalized spacial score (nSPS) is 9.21. The molecule has 3 nitrogen and oxygen atoms in total. The number of halogens is 1. The minimum Gasteiger partial charge on any atom is -0.361 e. The Morgan fingerprint density at radius 1 is 1.43 bits per heavy atom. The predicted octanol–water partition coefficient (Wildman–Crippen LogP) is 1.63. The van der Waals surface area contributed by atoms with Gasteiger partial charge >= 0.3 is 6.21 Å². The van der Waals surface area contributed by atoms with Crippen molar-refractivity contribution in [2.75, 3.05) is 0 Å². The molecule has 0 atom stereocenters. The van der Waals surface area contributed by atoms with Crippen molar-refractivity contribution in [1.29, 1.82) is 0 Å². The number of nitrogens with zero attached hydrogens (tertiary/aromatic N) is 2. The topological polar surface area (TPSA) is 53.5 Å². The third kappa shape index (κ3) is 3.29. The maximum Gasteiger partial charge on any atom is 0.323 e. The van der Waals surface area contributed by atoms with Crippen LogP contribution in [0.25, 0.3) is 5.53 Å². The van der Waals surface area contributed by atoms with Crippen LogP contribution >= 0.6 is 0 Å². The first-order valence-corrected chi connectivity index (χ1v) is 4.17. The Morgan fingerprint density at radius 3 is 2.64 bits per heavy atom. The van der Waals surface area contributed by atoms with Gasteiger partial charge in [-0.15, -0.1) is 0 Å². The smallest absolute Gasteiger partial charge is 0.323 e. The molecule has 0 aliphatic heterocycles. The van der Waals surface area contributed by atoms with E-state index in [-0.39, 0.29) is 18.0 Å². The van der Waals surface area contributed by atoms with Gasteiger partial charge in [0.2, 0.25) is 5.78 Å². The lowest BCUT2D eigenvalue weighted by Crippen LogP contribution is -2.01. The van der Waals surface area contributed by atoms with Crippen LogP contribution in [0.2, 0.25) is 0 Å². The van der Waals surface area contributed by atoms with Gasteiger partial charge in [-0.05, 0) is 24.1 Å². The van der Waals surface area contributed by atoms with Crippen LogP contribution in [0.3, 0.4) is 0 Å². The summed E-state index contributed by atoms with van der Waals surface area (Å²) in [7, 11) is 0. The van der Waals surface area contributed by atoms with E-state index in [9.17, 15) is 9.18 Å². The standard InChI is InChI=1S/C10H9FN2O/c11-9-4-1-8(2-5-9)3-6-10(14)7-13-12/h1-2,4-5,7H,3,6H2. The quantitative estimate of drug-likeness (QED) is 0.406. The van der Waals surface area contributed by atoms with Gasteiger partial charge in [0, 0.05) is 6.42 Å². The number of hydrogen-bond acceptors (Lipinski definition) is 1. The number of hydrogen-bond donors (Lipinski definition) is 0. The van der Waals surface area contributed by atoms with Crippen molar-refractivity contribution >= 4 is 12.0 Å². The van der Waals surface area contributed by atoms with Gasteiger partial charge in [0.05, 0.1) is 0 Å². The highest BCUT2D eigenvalue weighted by Gasteiger charge is 2.02. The highest BCUT2D eigenvalue weighted by Crippen LogP contribution is 2.05. The molecule has 0 bridgehead atoms. The summed E-state index contributed by atoms with van der Waals surface area (Å²) in [4.78, 5) is 13.5. The Hall–Kier alpha value is -1.80. The molecule has 0 unspecified atom stereocenters. The average molecular weight is 192 g/mol. The third-order valence-corrected chi connectivity index (χ3v) is 1.78. The van der Waals surface area contributed by atoms with Crippen molar-refractivity contribution in [2.24, 2.45) is 0 Å². The Bertz CT molecular complexity index is 366. The molecule has 0 spiro atoms. The van der Waals surface area contributed by atoms with Crippen LogP contribution in [-0.4, -0.2) is 16.8 Å². The summed E-state index contributed by atoms with van der Waals surface area (Å²) in [5, 5.41) is 0. The van der Waals surface area contributed by atoms with Crippen molar-refractivity contribution in [1.82, 2.24) is 0 Å². The fourth-order valence-electron chi connectivity index (χ4n) is 1.05. The van der Waals surface area contributed by atoms with Gasteiger partial charge in [-0.2, -0.15) is 4.79 Å². The Balaban J connectivity index is 2.49. The Labute approximate surface area is 80.8 Å². The van der Waals surface area contributed by atoms with E-state index in [1.807, 2.05) is 0 Å². The number of rotatable bonds is 4. The van der Waals surface area contributed by atoms with E-state index < -0.39 is 0 Å². The van der Waals surface area contributed by atoms with Gasteiger partial charge in [-0.1, -0.05) is 12.1 Å². The summed E-state index contributed by atoms with van der Waals surface area (Å²) >= 11 is 0. The van der Waals surface area contributed by atoms with Gasteiger partial charge in [0.1, 0.15) is 5.82 Å². The minimum absolute atomic E-state index is 0.253. The molecule has 0 fully saturated rings. The van der Waals surface area contributed by atoms with Crippen LogP contribution in [0.1, 0.15) is 12.0 Å². The second-order valence-electron chi connectivity index (χ2n) is 2.84. The first-order chi connectivity index (χ1) is 6.72. The molecule has 14 heavy (non-hydrogen) atoms. The van der Waals surface area contributed by atoms with Crippen molar-refractivity contribution in [3.05, 3.63) is 41.2 Å². The molecule has 0 radical (unpaired) electrons. The van der Waals surface area contributed by atoms with Crippen molar-refractivity contribution in [3.8, 4) is 0 Å². The summed E-state index contributed by atoms with van der Waals surface area (Å²) in [6.45, 7) is 0. The van der Waals surface area contributed by atoms with Crippen molar-refractivity contribution in [2.45, 2.75) is 12.8 Å². The molecule has 0 saturated carbocycles. The summed E-state index contributed by atoms with van der Waals surface area (Å²) < 4.78 is 12.5. The van der Waals surface area contributed by atoms with Crippen LogP contribution in [-0.2, 0) is 11.2 Å². The lowest BCUT2D eigenvalue weighted by Gasteiger charge is -1.96. The predicted molar refractivity (Wildman–Crippen MR) is 49.4 cm³/mol. The maximum absolute atomic E-state index is 12.5. The molecule has 0 aliphatic rings. The largest absolute Gasteiger partial charge is 0.361 e. The molecule has 0 saturated heterocycles. The first-order valence-electron chi connectivity index (χ1n) is 4.17. The third-order valence-electron chi connectivity index (χ3n) is 1.78. The second kappa shape index (κ2) is 5.04. The summed E-state index contributed by atoms with van der Waals surface area (Å²) in [5.74, 6) is -0.547. The van der Waals surface area contributed by atoms with Crippen LogP contribution in [0.15, 0.2) is 24.3 Å². The zero-order valence-electron chi connectivity index (χ0n) is 7.48. The Morgan fingerprint density at radius 2 is 2.07 bits per heavy atom. The molecule has 0 aliphatic carbocycles. The highest BCUT2D eigenvalue weighted by molar-refractivity contribution is 6.25. The first kappa shape index (κ1) is 10.3.